The second kappa shape index (κ2) is 9.83. The van der Waals surface area contributed by atoms with Crippen molar-refractivity contribution in [3.05, 3.63) is 101 Å². The Hall–Kier alpha value is -2.71. The van der Waals surface area contributed by atoms with Crippen molar-refractivity contribution in [2.75, 3.05) is 19.6 Å². The largest absolute Gasteiger partial charge is 0.385 e. The smallest absolute Gasteiger partial charge is 0.124 e. The van der Waals surface area contributed by atoms with Crippen LogP contribution in [0.2, 0.25) is 5.02 Å². The van der Waals surface area contributed by atoms with E-state index in [0.29, 0.717) is 24.3 Å². The topological polar surface area (TPSA) is 60.2 Å². The number of aromatic nitrogens is 1. The first-order chi connectivity index (χ1) is 15.6. The zero-order chi connectivity index (χ0) is 22.4. The van der Waals surface area contributed by atoms with Crippen LogP contribution in [-0.2, 0) is 11.0 Å². The van der Waals surface area contributed by atoms with Crippen molar-refractivity contribution in [2.45, 2.75) is 36.7 Å². The first-order valence-corrected chi connectivity index (χ1v) is 11.5. The van der Waals surface area contributed by atoms with E-state index in [1.807, 2.05) is 72.8 Å². The van der Waals surface area contributed by atoms with E-state index >= 15 is 0 Å². The van der Waals surface area contributed by atoms with Gasteiger partial charge in [0.05, 0.1) is 17.4 Å². The van der Waals surface area contributed by atoms with E-state index < -0.39 is 11.0 Å². The van der Waals surface area contributed by atoms with Crippen LogP contribution in [-0.4, -0.2) is 34.6 Å². The molecule has 2 aromatic carbocycles. The van der Waals surface area contributed by atoms with E-state index in [-0.39, 0.29) is 0 Å². The van der Waals surface area contributed by atoms with E-state index in [1.165, 1.54) is 0 Å². The molecule has 0 bridgehead atoms. The third-order valence-corrected chi connectivity index (χ3v) is 6.90. The molecule has 0 radical (unpaired) electrons. The zero-order valence-corrected chi connectivity index (χ0v) is 18.9. The first kappa shape index (κ1) is 22.5. The van der Waals surface area contributed by atoms with Gasteiger partial charge in [-0.1, -0.05) is 60.1 Å². The monoisotopic (exact) mass is 445 g/mol. The first-order valence-electron chi connectivity index (χ1n) is 11.1. The number of halogens is 1. The van der Waals surface area contributed by atoms with Crippen LogP contribution in [0.25, 0.3) is 0 Å². The van der Waals surface area contributed by atoms with E-state index in [9.17, 15) is 10.4 Å². The summed E-state index contributed by atoms with van der Waals surface area (Å²) in [4.78, 5) is 6.93. The molecule has 4 nitrogen and oxygen atoms in total. The van der Waals surface area contributed by atoms with Crippen LogP contribution in [0.3, 0.4) is 0 Å². The van der Waals surface area contributed by atoms with Gasteiger partial charge >= 0.3 is 0 Å². The Morgan fingerprint density at radius 1 is 1.00 bits per heavy atom. The molecule has 3 aromatic rings. The summed E-state index contributed by atoms with van der Waals surface area (Å²) in [6, 6.07) is 25.9. The lowest BCUT2D eigenvalue weighted by molar-refractivity contribution is -0.0262. The summed E-state index contributed by atoms with van der Waals surface area (Å²) in [6.07, 6.45) is 4.71. The van der Waals surface area contributed by atoms with Gasteiger partial charge in [0.2, 0.25) is 0 Å². The average molecular weight is 446 g/mol. The second-order valence-electron chi connectivity index (χ2n) is 8.58. The Balaban J connectivity index is 1.41. The van der Waals surface area contributed by atoms with Crippen LogP contribution >= 0.6 is 11.6 Å². The maximum Gasteiger partial charge on any atom is 0.124 e. The van der Waals surface area contributed by atoms with Crippen LogP contribution in [0.5, 0.6) is 0 Å². The maximum absolute atomic E-state index is 11.1. The molecule has 1 atom stereocenters. The molecule has 1 fully saturated rings. The maximum atomic E-state index is 11.1. The predicted octanol–water partition coefficient (Wildman–Crippen LogP) is 5.31. The lowest BCUT2D eigenvalue weighted by Gasteiger charge is -2.39. The van der Waals surface area contributed by atoms with Gasteiger partial charge in [-0.2, -0.15) is 5.26 Å². The van der Waals surface area contributed by atoms with Gasteiger partial charge in [0.1, 0.15) is 5.41 Å². The number of rotatable bonds is 7. The highest BCUT2D eigenvalue weighted by atomic mass is 35.5. The molecule has 0 spiro atoms. The fraction of sp³-hybridized carbons (Fsp3) is 0.333. The van der Waals surface area contributed by atoms with Crippen molar-refractivity contribution < 1.29 is 5.11 Å². The standard InChI is InChI=1S/C27H28ClN3O/c28-24-12-10-23(11-13-24)27(32)15-19-31(20-16-27)18-6-14-26(21-29,22-7-2-1-3-8-22)25-9-4-5-17-30-25/h1-5,7-13,17,32H,6,14-16,18-20H2. The van der Waals surface area contributed by atoms with Gasteiger partial charge in [-0.05, 0) is 67.6 Å². The van der Waals surface area contributed by atoms with Crippen LogP contribution in [0, 0.1) is 11.3 Å². The summed E-state index contributed by atoms with van der Waals surface area (Å²) in [6.45, 7) is 2.54. The van der Waals surface area contributed by atoms with Gasteiger partial charge in [0.25, 0.3) is 0 Å². The molecule has 1 aliphatic heterocycles. The van der Waals surface area contributed by atoms with Crippen molar-refractivity contribution in [1.29, 1.82) is 5.26 Å². The molecular weight excluding hydrogens is 418 g/mol. The molecule has 0 aliphatic carbocycles. The fourth-order valence-corrected chi connectivity index (χ4v) is 4.83. The predicted molar refractivity (Wildman–Crippen MR) is 127 cm³/mol. The van der Waals surface area contributed by atoms with Gasteiger partial charge in [0, 0.05) is 24.3 Å². The van der Waals surface area contributed by atoms with Gasteiger partial charge in [-0.15, -0.1) is 0 Å². The van der Waals surface area contributed by atoms with E-state index in [1.54, 1.807) is 6.20 Å². The fourth-order valence-electron chi connectivity index (χ4n) is 4.70. The highest BCUT2D eigenvalue weighted by Gasteiger charge is 2.37. The molecule has 1 unspecified atom stereocenters. The summed E-state index contributed by atoms with van der Waals surface area (Å²) < 4.78 is 0. The van der Waals surface area contributed by atoms with Gasteiger partial charge in [-0.3, -0.25) is 4.98 Å². The van der Waals surface area contributed by atoms with Gasteiger partial charge in [-0.25, -0.2) is 0 Å². The SMILES string of the molecule is N#CC(CCCN1CCC(O)(c2ccc(Cl)cc2)CC1)(c1ccccc1)c1ccccn1. The summed E-state index contributed by atoms with van der Waals surface area (Å²) in [5.41, 5.74) is 1.16. The third-order valence-electron chi connectivity index (χ3n) is 6.65. The van der Waals surface area contributed by atoms with Crippen molar-refractivity contribution in [2.24, 2.45) is 0 Å². The third kappa shape index (κ3) is 4.71. The Morgan fingerprint density at radius 3 is 2.31 bits per heavy atom. The molecule has 0 amide bonds. The Labute approximate surface area is 195 Å². The number of likely N-dealkylation sites (tertiary alicyclic amines) is 1. The summed E-state index contributed by atoms with van der Waals surface area (Å²) >= 11 is 6.00. The molecule has 1 aliphatic rings. The van der Waals surface area contributed by atoms with Crippen LogP contribution in [0.15, 0.2) is 79.0 Å². The lowest BCUT2D eigenvalue weighted by Crippen LogP contribution is -2.43. The number of pyridine rings is 1. The Kier molecular flexibility index (Phi) is 6.91. The zero-order valence-electron chi connectivity index (χ0n) is 18.1. The van der Waals surface area contributed by atoms with E-state index in [4.69, 9.17) is 11.6 Å². The molecule has 4 rings (SSSR count). The van der Waals surface area contributed by atoms with Crippen molar-refractivity contribution >= 4 is 11.6 Å². The summed E-state index contributed by atoms with van der Waals surface area (Å²) in [5, 5.41) is 22.1. The Morgan fingerprint density at radius 2 is 1.69 bits per heavy atom. The molecule has 1 N–H and O–H groups in total. The number of hydrogen-bond acceptors (Lipinski definition) is 4. The number of nitriles is 1. The van der Waals surface area contributed by atoms with E-state index in [2.05, 4.69) is 16.0 Å². The minimum Gasteiger partial charge on any atom is -0.385 e. The Bertz CT molecular complexity index is 1000. The quantitative estimate of drug-likeness (QED) is 0.535. The summed E-state index contributed by atoms with van der Waals surface area (Å²) in [7, 11) is 0. The van der Waals surface area contributed by atoms with Crippen LogP contribution < -0.4 is 0 Å². The molecule has 1 aromatic heterocycles. The molecular formula is C27H28ClN3O. The van der Waals surface area contributed by atoms with Gasteiger partial charge < -0.3 is 10.0 Å². The van der Waals surface area contributed by atoms with Gasteiger partial charge in [0.15, 0.2) is 0 Å². The number of hydrogen-bond donors (Lipinski definition) is 1. The van der Waals surface area contributed by atoms with Crippen molar-refractivity contribution in [3.63, 3.8) is 0 Å². The second-order valence-corrected chi connectivity index (χ2v) is 9.02. The van der Waals surface area contributed by atoms with Crippen molar-refractivity contribution in [3.8, 4) is 6.07 Å². The highest BCUT2D eigenvalue weighted by molar-refractivity contribution is 6.30. The number of aliphatic hydroxyl groups is 1. The molecule has 0 saturated carbocycles. The normalized spacial score (nSPS) is 17.9. The molecule has 5 heteroatoms. The number of piperidine rings is 1. The average Bonchev–Trinajstić information content (AvgIpc) is 2.85. The van der Waals surface area contributed by atoms with Crippen LogP contribution in [0.1, 0.15) is 42.5 Å². The minimum absolute atomic E-state index is 0.682. The molecule has 164 valence electrons. The molecule has 1 saturated heterocycles. The number of benzene rings is 2. The molecule has 2 heterocycles. The van der Waals surface area contributed by atoms with E-state index in [0.717, 1.165) is 42.9 Å². The van der Waals surface area contributed by atoms with Crippen LogP contribution in [0.4, 0.5) is 0 Å². The minimum atomic E-state index is -0.796. The summed E-state index contributed by atoms with van der Waals surface area (Å²) in [5.74, 6) is 0. The lowest BCUT2D eigenvalue weighted by atomic mass is 9.75. The van der Waals surface area contributed by atoms with Crippen molar-refractivity contribution in [1.82, 2.24) is 9.88 Å². The number of nitrogens with zero attached hydrogens (tertiary/aromatic N) is 3. The highest BCUT2D eigenvalue weighted by Crippen LogP contribution is 2.36. The molecule has 32 heavy (non-hydrogen) atoms.